The number of ether oxygens (including phenoxy) is 1. The molecule has 3 aromatic carbocycles. The average molecular weight is 1380 g/mol. The van der Waals surface area contributed by atoms with Crippen molar-refractivity contribution in [3.8, 4) is 22.8 Å². The van der Waals surface area contributed by atoms with Crippen LogP contribution in [0.2, 0.25) is 0 Å². The molecule has 12 aromatic rings. The van der Waals surface area contributed by atoms with Gasteiger partial charge in [0.15, 0.2) is 0 Å². The summed E-state index contributed by atoms with van der Waals surface area (Å²) in [4.78, 5) is 110. The lowest BCUT2D eigenvalue weighted by molar-refractivity contribution is -0.274. The van der Waals surface area contributed by atoms with E-state index in [2.05, 4.69) is 96.8 Å². The van der Waals surface area contributed by atoms with Crippen molar-refractivity contribution >= 4 is 71.1 Å². The van der Waals surface area contributed by atoms with E-state index in [4.69, 9.17) is 0 Å². The van der Waals surface area contributed by atoms with Crippen LogP contribution >= 0.6 is 0 Å². The van der Waals surface area contributed by atoms with Gasteiger partial charge in [0.1, 0.15) is 5.75 Å². The van der Waals surface area contributed by atoms with Crippen LogP contribution in [0.25, 0.3) is 17.1 Å². The Bertz CT molecular complexity index is 4610. The minimum absolute atomic E-state index is 0.0974. The van der Waals surface area contributed by atoms with Crippen molar-refractivity contribution in [3.63, 3.8) is 0 Å². The van der Waals surface area contributed by atoms with E-state index in [1.807, 2.05) is 0 Å². The van der Waals surface area contributed by atoms with E-state index >= 15 is 0 Å². The molecule has 0 saturated carbocycles. The van der Waals surface area contributed by atoms with Crippen LogP contribution in [0.5, 0.6) is 5.75 Å². The van der Waals surface area contributed by atoms with E-state index in [1.54, 1.807) is 24.3 Å². The molecule has 0 unspecified atom stereocenters. The zero-order valence-electron chi connectivity index (χ0n) is 50.3. The number of halogens is 9. The van der Waals surface area contributed by atoms with Gasteiger partial charge >= 0.3 is 18.7 Å². The lowest BCUT2D eigenvalue weighted by Gasteiger charge is -2.10. The first kappa shape index (κ1) is 68.8. The number of anilines is 6. The molecule has 12 rings (SSSR count). The van der Waals surface area contributed by atoms with Gasteiger partial charge in [-0.2, -0.15) is 55.3 Å². The summed E-state index contributed by atoms with van der Waals surface area (Å²) < 4.78 is 122. The van der Waals surface area contributed by atoms with Crippen molar-refractivity contribution in [1.82, 2.24) is 74.2 Å². The Morgan fingerprint density at radius 3 is 0.850 bits per heavy atom. The predicted octanol–water partition coefficient (Wildman–Crippen LogP) is 10.6. The molecule has 0 radical (unpaired) electrons. The maximum Gasteiger partial charge on any atom is 0.573 e. The number of nitrogens with zero attached hydrogens (tertiary/aromatic N) is 15. The Morgan fingerprint density at radius 2 is 0.580 bits per heavy atom. The van der Waals surface area contributed by atoms with Gasteiger partial charge in [-0.25, -0.2) is 0 Å². The molecular formula is C63H42F9N21O7. The summed E-state index contributed by atoms with van der Waals surface area (Å²) >= 11 is 0. The number of rotatable bonds is 16. The molecule has 0 aliphatic rings. The van der Waals surface area contributed by atoms with Gasteiger partial charge in [-0.15, -0.1) is 28.5 Å². The largest absolute Gasteiger partial charge is 0.573 e. The summed E-state index contributed by atoms with van der Waals surface area (Å²) in [7, 11) is 0. The van der Waals surface area contributed by atoms with Crippen LogP contribution in [0.15, 0.2) is 220 Å². The zero-order chi connectivity index (χ0) is 71.0. The molecule has 9 aromatic heterocycles. The minimum atomic E-state index is -4.85. The number of pyridine rings is 6. The topological polar surface area (TPSA) is 353 Å². The van der Waals surface area contributed by atoms with Crippen LogP contribution in [0.3, 0.4) is 0 Å². The molecule has 100 heavy (non-hydrogen) atoms. The maximum atomic E-state index is 12.9. The Hall–Kier alpha value is -14.0. The molecule has 0 saturated heterocycles. The molecule has 6 N–H and O–H groups in total. The predicted molar refractivity (Wildman–Crippen MR) is 334 cm³/mol. The second kappa shape index (κ2) is 30.6. The van der Waals surface area contributed by atoms with Crippen LogP contribution in [-0.2, 0) is 12.4 Å². The fourth-order valence-electron chi connectivity index (χ4n) is 8.29. The molecule has 504 valence electrons. The number of hydrogen-bond acceptors (Lipinski definition) is 19. The van der Waals surface area contributed by atoms with Crippen molar-refractivity contribution in [2.24, 2.45) is 0 Å². The summed E-state index contributed by atoms with van der Waals surface area (Å²) in [6.07, 6.45) is 3.20. The molecule has 0 bridgehead atoms. The van der Waals surface area contributed by atoms with Crippen molar-refractivity contribution in [3.05, 3.63) is 264 Å². The van der Waals surface area contributed by atoms with Crippen molar-refractivity contribution < 1.29 is 73.0 Å². The van der Waals surface area contributed by atoms with Gasteiger partial charge in [-0.05, 0) is 146 Å². The second-order valence-corrected chi connectivity index (χ2v) is 19.8. The summed E-state index contributed by atoms with van der Waals surface area (Å²) in [5, 5.41) is 27.5. The Kier molecular flexibility index (Phi) is 21.0. The van der Waals surface area contributed by atoms with Crippen LogP contribution in [-0.4, -0.2) is 116 Å². The van der Waals surface area contributed by atoms with Gasteiger partial charge in [0.25, 0.3) is 53.3 Å². The van der Waals surface area contributed by atoms with E-state index in [9.17, 15) is 68.3 Å². The van der Waals surface area contributed by atoms with Gasteiger partial charge in [0.05, 0.1) is 50.4 Å². The molecule has 0 spiro atoms. The Morgan fingerprint density at radius 1 is 0.310 bits per heavy atom. The second-order valence-electron chi connectivity index (χ2n) is 19.8. The van der Waals surface area contributed by atoms with Gasteiger partial charge in [-0.3, -0.25) is 90.6 Å². The van der Waals surface area contributed by atoms with E-state index < -0.39 is 71.0 Å². The SMILES string of the molecule is O=C(Nc1nc(NC(=O)c2cccnc2)n(-c2ccc(C(F)(F)F)cc2)n1)c1cccnc1.O=C(Nc1nc(NC(=O)c2cccnc2)n(-c2ccc(OC(F)(F)F)cc2)n1)c1cccnc1.O=C(Nc1nc(NC(=O)c2ccncc2)n(-c2ccc(C(F)(F)F)cc2)n1)c1ccncc1. The molecule has 0 aliphatic carbocycles. The summed E-state index contributed by atoms with van der Waals surface area (Å²) in [6, 6.07) is 31.2. The minimum Gasteiger partial charge on any atom is -0.406 e. The number of benzene rings is 3. The molecule has 0 fully saturated rings. The first-order valence-electron chi connectivity index (χ1n) is 28.3. The fourth-order valence-corrected chi connectivity index (χ4v) is 8.29. The van der Waals surface area contributed by atoms with Crippen LogP contribution in [0.4, 0.5) is 75.2 Å². The average Bonchev–Trinajstić information content (AvgIpc) is 1.64. The van der Waals surface area contributed by atoms with Crippen molar-refractivity contribution in [1.29, 1.82) is 0 Å². The fraction of sp³-hybridized carbons (Fsp3) is 0.0476. The molecular weight excluding hydrogens is 1330 g/mol. The number of carbonyl (C=O) groups excluding carboxylic acids is 6. The van der Waals surface area contributed by atoms with E-state index in [0.717, 1.165) is 50.4 Å². The maximum absolute atomic E-state index is 12.9. The Labute approximate surface area is 554 Å². The standard InChI is InChI=1S/C21H14F3N7O3.2C21H14F3N7O2/c22-21(23,24)34-16-7-5-15(6-8-16)31-20(28-18(33)14-4-2-10-26-12-14)29-19(30-31)27-17(32)13-3-1-9-25-11-13;22-21(23,24)15-1-3-16(4-2-15)31-20(28-18(33)14-7-11-26-12-8-14)29-19(30-31)27-17(32)13-5-9-25-10-6-13;22-21(23,24)15-5-7-16(8-6-15)31-20(28-18(33)14-4-2-10-26-12-14)29-19(30-31)27-17(32)13-3-1-9-25-11-13/h1-12H,(H2,27,28,29,30,32,33);2*1-12H,(H2,27,28,29,30,32,33). The van der Waals surface area contributed by atoms with Crippen LogP contribution < -0.4 is 36.6 Å². The normalized spacial score (nSPS) is 11.1. The molecule has 6 amide bonds. The number of hydrogen-bond donors (Lipinski definition) is 6. The van der Waals surface area contributed by atoms with Gasteiger partial charge in [0.2, 0.25) is 17.8 Å². The number of amides is 6. The first-order chi connectivity index (χ1) is 47.9. The quantitative estimate of drug-likeness (QED) is 0.0489. The van der Waals surface area contributed by atoms with E-state index in [1.165, 1.54) is 159 Å². The lowest BCUT2D eigenvalue weighted by Crippen LogP contribution is -2.17. The number of nitrogens with one attached hydrogen (secondary N) is 6. The van der Waals surface area contributed by atoms with Crippen molar-refractivity contribution in [2.75, 3.05) is 31.9 Å². The lowest BCUT2D eigenvalue weighted by atomic mass is 10.2. The summed E-state index contributed by atoms with van der Waals surface area (Å²) in [6.45, 7) is 0. The molecule has 0 atom stereocenters. The molecule has 9 heterocycles. The first-order valence-corrected chi connectivity index (χ1v) is 28.3. The number of aromatic nitrogens is 15. The van der Waals surface area contributed by atoms with Crippen LogP contribution in [0, 0.1) is 0 Å². The monoisotopic (exact) mass is 1380 g/mol. The highest BCUT2D eigenvalue weighted by Gasteiger charge is 2.33. The molecule has 28 nitrogen and oxygen atoms in total. The zero-order valence-corrected chi connectivity index (χ0v) is 50.3. The number of carbonyl (C=O) groups is 6. The van der Waals surface area contributed by atoms with Gasteiger partial charge in [-0.1, -0.05) is 0 Å². The van der Waals surface area contributed by atoms with Crippen LogP contribution in [0.1, 0.15) is 73.3 Å². The van der Waals surface area contributed by atoms with Crippen molar-refractivity contribution in [2.45, 2.75) is 18.7 Å². The van der Waals surface area contributed by atoms with Gasteiger partial charge < -0.3 is 4.74 Å². The molecule has 37 heteroatoms. The van der Waals surface area contributed by atoms with E-state index in [0.29, 0.717) is 5.56 Å². The third kappa shape index (κ3) is 18.5. The van der Waals surface area contributed by atoms with Gasteiger partial charge in [0, 0.05) is 85.5 Å². The summed E-state index contributed by atoms with van der Waals surface area (Å²) in [5.41, 5.74) is 0.407. The summed E-state index contributed by atoms with van der Waals surface area (Å²) in [5.74, 6) is -4.61. The third-order valence-corrected chi connectivity index (χ3v) is 12.9. The highest BCUT2D eigenvalue weighted by atomic mass is 19.4. The highest BCUT2D eigenvalue weighted by molar-refractivity contribution is 6.07. The Balaban J connectivity index is 0.000000162. The third-order valence-electron chi connectivity index (χ3n) is 12.9. The van der Waals surface area contributed by atoms with E-state index in [-0.39, 0.29) is 80.6 Å². The molecule has 0 aliphatic heterocycles. The number of alkyl halides is 9. The highest BCUT2D eigenvalue weighted by Crippen LogP contribution is 2.32. The smallest absolute Gasteiger partial charge is 0.406 e.